The number of hydrogen-bond acceptors (Lipinski definition) is 6. The highest BCUT2D eigenvalue weighted by atomic mass is 16.4. The monoisotopic (exact) mass is 389 g/mol. The smallest absolute Gasteiger partial charge is 0.349 e. The van der Waals surface area contributed by atoms with Crippen LogP contribution in [0.1, 0.15) is 19.4 Å². The van der Waals surface area contributed by atoms with Gasteiger partial charge in [0.1, 0.15) is 16.7 Å². The van der Waals surface area contributed by atoms with Gasteiger partial charge in [0, 0.05) is 42.3 Å². The summed E-state index contributed by atoms with van der Waals surface area (Å²) in [7, 11) is 0. The standard InChI is InChI=1S/C23H23N3O3/c1-13-5-4-6-19-21(13)25-22(28-19)18-9-16-7-8-17(10-20(16)29-23(18)27)26-11-14(2)24-15(3)12-26/h4-10,14-15,24H,11-12H2,1-3H3. The summed E-state index contributed by atoms with van der Waals surface area (Å²) in [4.78, 5) is 19.5. The lowest BCUT2D eigenvalue weighted by atomic mass is 10.1. The summed E-state index contributed by atoms with van der Waals surface area (Å²) >= 11 is 0. The van der Waals surface area contributed by atoms with E-state index < -0.39 is 5.63 Å². The van der Waals surface area contributed by atoms with Crippen molar-refractivity contribution in [2.45, 2.75) is 32.9 Å². The molecule has 2 aromatic carbocycles. The van der Waals surface area contributed by atoms with Gasteiger partial charge in [0.2, 0.25) is 5.89 Å². The zero-order valence-corrected chi connectivity index (χ0v) is 16.7. The summed E-state index contributed by atoms with van der Waals surface area (Å²) in [5, 5.41) is 4.38. The third-order valence-corrected chi connectivity index (χ3v) is 5.49. The zero-order chi connectivity index (χ0) is 20.1. The van der Waals surface area contributed by atoms with Crippen LogP contribution in [-0.2, 0) is 0 Å². The first-order valence-electron chi connectivity index (χ1n) is 9.93. The predicted octanol–water partition coefficient (Wildman–Crippen LogP) is 4.10. The lowest BCUT2D eigenvalue weighted by Crippen LogP contribution is -2.54. The molecule has 1 N–H and O–H groups in total. The zero-order valence-electron chi connectivity index (χ0n) is 16.7. The van der Waals surface area contributed by atoms with E-state index in [0.29, 0.717) is 34.7 Å². The highest BCUT2D eigenvalue weighted by Gasteiger charge is 2.22. The van der Waals surface area contributed by atoms with Crippen LogP contribution in [0.25, 0.3) is 33.5 Å². The second-order valence-electron chi connectivity index (χ2n) is 7.98. The van der Waals surface area contributed by atoms with Crippen molar-refractivity contribution in [1.29, 1.82) is 0 Å². The van der Waals surface area contributed by atoms with Gasteiger partial charge in [0.15, 0.2) is 5.58 Å². The Morgan fingerprint density at radius 1 is 1.03 bits per heavy atom. The summed E-state index contributed by atoms with van der Waals surface area (Å²) in [6, 6.07) is 14.4. The van der Waals surface area contributed by atoms with Crippen molar-refractivity contribution in [2.75, 3.05) is 18.0 Å². The van der Waals surface area contributed by atoms with Crippen LogP contribution in [0.4, 0.5) is 5.69 Å². The number of rotatable bonds is 2. The summed E-state index contributed by atoms with van der Waals surface area (Å²) in [6.07, 6.45) is 0. The number of benzene rings is 2. The Balaban J connectivity index is 1.56. The van der Waals surface area contributed by atoms with Gasteiger partial charge in [0.25, 0.3) is 0 Å². The predicted molar refractivity (Wildman–Crippen MR) is 114 cm³/mol. The van der Waals surface area contributed by atoms with Gasteiger partial charge >= 0.3 is 5.63 Å². The molecule has 1 aliphatic heterocycles. The molecule has 1 fully saturated rings. The molecule has 5 rings (SSSR count). The highest BCUT2D eigenvalue weighted by Crippen LogP contribution is 2.28. The molecule has 1 saturated heterocycles. The molecule has 0 aliphatic carbocycles. The van der Waals surface area contributed by atoms with E-state index in [1.165, 1.54) is 0 Å². The van der Waals surface area contributed by atoms with Crippen LogP contribution in [0.3, 0.4) is 0 Å². The minimum absolute atomic E-state index is 0.291. The van der Waals surface area contributed by atoms with Crippen molar-refractivity contribution in [3.8, 4) is 11.5 Å². The van der Waals surface area contributed by atoms with Crippen LogP contribution in [0.15, 0.2) is 56.1 Å². The summed E-state index contributed by atoms with van der Waals surface area (Å²) in [6.45, 7) is 8.16. The summed E-state index contributed by atoms with van der Waals surface area (Å²) in [5.74, 6) is 0.291. The van der Waals surface area contributed by atoms with Crippen molar-refractivity contribution < 1.29 is 8.83 Å². The van der Waals surface area contributed by atoms with Crippen LogP contribution in [-0.4, -0.2) is 30.2 Å². The lowest BCUT2D eigenvalue weighted by Gasteiger charge is -2.37. The topological polar surface area (TPSA) is 71.5 Å². The number of aryl methyl sites for hydroxylation is 1. The van der Waals surface area contributed by atoms with Crippen molar-refractivity contribution >= 4 is 27.8 Å². The molecule has 0 bridgehead atoms. The third kappa shape index (κ3) is 3.19. The SMILES string of the molecule is Cc1cccc2oc(-c3cc4ccc(N5CC(C)NC(C)C5)cc4oc3=O)nc12. The molecular formula is C23H23N3O3. The summed E-state index contributed by atoms with van der Waals surface area (Å²) < 4.78 is 11.5. The summed E-state index contributed by atoms with van der Waals surface area (Å²) in [5.41, 5.74) is 3.96. The van der Waals surface area contributed by atoms with Crippen molar-refractivity contribution in [1.82, 2.24) is 10.3 Å². The molecule has 4 aromatic rings. The molecule has 2 atom stereocenters. The fourth-order valence-electron chi connectivity index (χ4n) is 4.18. The molecule has 0 saturated carbocycles. The number of oxazole rings is 1. The van der Waals surface area contributed by atoms with Crippen LogP contribution >= 0.6 is 0 Å². The molecule has 0 spiro atoms. The molecular weight excluding hydrogens is 366 g/mol. The number of aromatic nitrogens is 1. The molecule has 6 nitrogen and oxygen atoms in total. The minimum Gasteiger partial charge on any atom is -0.436 e. The largest absolute Gasteiger partial charge is 0.436 e. The average Bonchev–Trinajstić information content (AvgIpc) is 3.11. The van der Waals surface area contributed by atoms with Gasteiger partial charge in [-0.1, -0.05) is 12.1 Å². The van der Waals surface area contributed by atoms with Crippen LogP contribution < -0.4 is 15.8 Å². The van der Waals surface area contributed by atoms with Crippen molar-refractivity contribution in [3.63, 3.8) is 0 Å². The molecule has 2 aromatic heterocycles. The Morgan fingerprint density at radius 3 is 2.59 bits per heavy atom. The maximum Gasteiger partial charge on any atom is 0.349 e. The van der Waals surface area contributed by atoms with E-state index in [1.54, 1.807) is 6.07 Å². The average molecular weight is 389 g/mol. The minimum atomic E-state index is -0.444. The number of nitrogens with one attached hydrogen (secondary N) is 1. The number of piperazine rings is 1. The molecule has 148 valence electrons. The number of anilines is 1. The van der Waals surface area contributed by atoms with Gasteiger partial charge in [-0.15, -0.1) is 0 Å². The van der Waals surface area contributed by atoms with Crippen LogP contribution in [0.5, 0.6) is 0 Å². The van der Waals surface area contributed by atoms with Gasteiger partial charge < -0.3 is 19.1 Å². The Bertz CT molecular complexity index is 1260. The van der Waals surface area contributed by atoms with E-state index >= 15 is 0 Å². The number of nitrogens with zero attached hydrogens (tertiary/aromatic N) is 2. The fourth-order valence-corrected chi connectivity index (χ4v) is 4.18. The van der Waals surface area contributed by atoms with E-state index in [0.717, 1.165) is 35.2 Å². The molecule has 0 amide bonds. The first kappa shape index (κ1) is 17.9. The van der Waals surface area contributed by atoms with Crippen LogP contribution in [0, 0.1) is 6.92 Å². The molecule has 2 unspecified atom stereocenters. The second-order valence-corrected chi connectivity index (χ2v) is 7.98. The van der Waals surface area contributed by atoms with Crippen LogP contribution in [0.2, 0.25) is 0 Å². The van der Waals surface area contributed by atoms with E-state index in [-0.39, 0.29) is 0 Å². The Morgan fingerprint density at radius 2 is 1.83 bits per heavy atom. The van der Waals surface area contributed by atoms with Crippen molar-refractivity contribution in [3.05, 3.63) is 58.4 Å². The Labute approximate surface area is 168 Å². The maximum atomic E-state index is 12.7. The van der Waals surface area contributed by atoms with E-state index in [1.807, 2.05) is 37.3 Å². The third-order valence-electron chi connectivity index (χ3n) is 5.49. The van der Waals surface area contributed by atoms with E-state index in [2.05, 4.69) is 35.1 Å². The maximum absolute atomic E-state index is 12.7. The second kappa shape index (κ2) is 6.74. The number of para-hydroxylation sites is 1. The molecule has 1 aliphatic rings. The number of fused-ring (bicyclic) bond motifs is 2. The molecule has 3 heterocycles. The Hall–Kier alpha value is -3.12. The lowest BCUT2D eigenvalue weighted by molar-refractivity contribution is 0.407. The number of hydrogen-bond donors (Lipinski definition) is 1. The van der Waals surface area contributed by atoms with Crippen molar-refractivity contribution in [2.24, 2.45) is 0 Å². The van der Waals surface area contributed by atoms with E-state index in [9.17, 15) is 4.79 Å². The van der Waals surface area contributed by atoms with Gasteiger partial charge in [-0.3, -0.25) is 0 Å². The van der Waals surface area contributed by atoms with E-state index in [4.69, 9.17) is 8.83 Å². The first-order valence-corrected chi connectivity index (χ1v) is 9.93. The van der Waals surface area contributed by atoms with Gasteiger partial charge in [-0.2, -0.15) is 0 Å². The first-order chi connectivity index (χ1) is 14.0. The Kier molecular flexibility index (Phi) is 4.17. The van der Waals surface area contributed by atoms with Gasteiger partial charge in [0.05, 0.1) is 0 Å². The highest BCUT2D eigenvalue weighted by molar-refractivity contribution is 5.85. The van der Waals surface area contributed by atoms with Gasteiger partial charge in [-0.05, 0) is 50.6 Å². The molecule has 0 radical (unpaired) electrons. The molecule has 6 heteroatoms. The fraction of sp³-hybridized carbons (Fsp3) is 0.304. The normalized spacial score (nSPS) is 19.9. The quantitative estimate of drug-likeness (QED) is 0.521. The van der Waals surface area contributed by atoms with Gasteiger partial charge in [-0.25, -0.2) is 9.78 Å². The molecule has 29 heavy (non-hydrogen) atoms.